The molecule has 0 saturated carbocycles. The van der Waals surface area contributed by atoms with Gasteiger partial charge in [-0.15, -0.1) is 11.3 Å². The Morgan fingerprint density at radius 1 is 1.00 bits per heavy atom. The van der Waals surface area contributed by atoms with E-state index in [1.54, 1.807) is 18.2 Å². The van der Waals surface area contributed by atoms with E-state index in [-0.39, 0.29) is 5.91 Å². The molecule has 0 atom stereocenters. The summed E-state index contributed by atoms with van der Waals surface area (Å²) in [5.41, 5.74) is 2.97. The fraction of sp³-hybridized carbons (Fsp3) is 0.0833. The van der Waals surface area contributed by atoms with Gasteiger partial charge in [-0.2, -0.15) is 0 Å². The van der Waals surface area contributed by atoms with E-state index < -0.39 is 0 Å². The highest BCUT2D eigenvalue weighted by Gasteiger charge is 2.18. The summed E-state index contributed by atoms with van der Waals surface area (Å²) in [5, 5.41) is 9.17. The largest absolute Gasteiger partial charge is 0.355 e. The first-order valence-electron chi connectivity index (χ1n) is 9.99. The third kappa shape index (κ3) is 4.80. The van der Waals surface area contributed by atoms with Crippen LogP contribution in [0.3, 0.4) is 0 Å². The van der Waals surface area contributed by atoms with Gasteiger partial charge in [-0.3, -0.25) is 4.79 Å². The van der Waals surface area contributed by atoms with Crippen LogP contribution in [0, 0.1) is 0 Å². The van der Waals surface area contributed by atoms with E-state index in [9.17, 15) is 4.79 Å². The normalized spacial score (nSPS) is 11.2. The number of nitrogens with zero attached hydrogens (tertiary/aromatic N) is 2. The molecule has 166 valence electrons. The van der Waals surface area contributed by atoms with Gasteiger partial charge >= 0.3 is 0 Å². The number of thiophene rings is 1. The van der Waals surface area contributed by atoms with Crippen LogP contribution < -0.4 is 5.32 Å². The van der Waals surface area contributed by atoms with Crippen LogP contribution in [-0.4, -0.2) is 15.6 Å². The van der Waals surface area contributed by atoms with Crippen molar-refractivity contribution in [1.29, 1.82) is 0 Å². The van der Waals surface area contributed by atoms with Crippen LogP contribution in [-0.2, 0) is 13.1 Å². The number of fused-ring (bicyclic) bond motifs is 1. The molecule has 5 rings (SSSR count). The molecule has 3 aromatic heterocycles. The number of hydrogen-bond acceptors (Lipinski definition) is 4. The maximum Gasteiger partial charge on any atom is 0.268 e. The average Bonchev–Trinajstić information content (AvgIpc) is 3.51. The number of carbonyl (C=O) groups excluding carboxylic acids is 1. The van der Waals surface area contributed by atoms with Gasteiger partial charge in [0, 0.05) is 33.6 Å². The van der Waals surface area contributed by atoms with Crippen molar-refractivity contribution in [2.24, 2.45) is 0 Å². The van der Waals surface area contributed by atoms with Gasteiger partial charge in [0.1, 0.15) is 11.4 Å². The van der Waals surface area contributed by atoms with E-state index >= 15 is 0 Å². The predicted molar refractivity (Wildman–Crippen MR) is 133 cm³/mol. The summed E-state index contributed by atoms with van der Waals surface area (Å²) >= 11 is 19.6. The molecule has 3 heterocycles. The Morgan fingerprint density at radius 2 is 1.79 bits per heavy atom. The molecule has 5 nitrogen and oxygen atoms in total. The first-order valence-corrected chi connectivity index (χ1v) is 11.9. The van der Waals surface area contributed by atoms with Crippen LogP contribution in [0.1, 0.15) is 21.7 Å². The topological polar surface area (TPSA) is 60.1 Å². The summed E-state index contributed by atoms with van der Waals surface area (Å²) < 4.78 is 8.12. The Bertz CT molecular complexity index is 1450. The molecule has 0 saturated heterocycles. The summed E-state index contributed by atoms with van der Waals surface area (Å²) in [6, 6.07) is 20.5. The van der Waals surface area contributed by atoms with Crippen molar-refractivity contribution < 1.29 is 9.32 Å². The highest BCUT2D eigenvalue weighted by molar-refractivity contribution is 7.19. The standard InChI is InChI=1S/C24H16Cl3N3O2S/c25-16-7-14(8-17(26)10-16)12-28-24(31)20-9-15-3-1-2-4-19(15)30(20)13-18-11-21(32-29-18)22-5-6-23(27)33-22/h1-11H,12-13H2,(H,28,31). The lowest BCUT2D eigenvalue weighted by atomic mass is 10.2. The predicted octanol–water partition coefficient (Wildman–Crippen LogP) is 7.30. The molecule has 0 aliphatic heterocycles. The number of carbonyl (C=O) groups is 1. The molecule has 0 fully saturated rings. The van der Waals surface area contributed by atoms with E-state index in [2.05, 4.69) is 10.5 Å². The Kier molecular flexibility index (Phi) is 6.17. The maximum atomic E-state index is 13.1. The lowest BCUT2D eigenvalue weighted by Gasteiger charge is -2.10. The number of hydrogen-bond donors (Lipinski definition) is 1. The molecule has 2 aromatic carbocycles. The Balaban J connectivity index is 1.42. The molecule has 1 N–H and O–H groups in total. The van der Waals surface area contributed by atoms with Crippen molar-refractivity contribution >= 4 is 62.9 Å². The highest BCUT2D eigenvalue weighted by atomic mass is 35.5. The first-order chi connectivity index (χ1) is 16.0. The number of nitrogens with one attached hydrogen (secondary N) is 1. The van der Waals surface area contributed by atoms with E-state index in [0.29, 0.717) is 44.6 Å². The summed E-state index contributed by atoms with van der Waals surface area (Å²) in [6.07, 6.45) is 0. The average molecular weight is 517 g/mol. The fourth-order valence-electron chi connectivity index (χ4n) is 3.67. The number of benzene rings is 2. The van der Waals surface area contributed by atoms with Crippen molar-refractivity contribution in [2.75, 3.05) is 0 Å². The SMILES string of the molecule is O=C(NCc1cc(Cl)cc(Cl)c1)c1cc2ccccc2n1Cc1cc(-c2ccc(Cl)s2)on1. The highest BCUT2D eigenvalue weighted by Crippen LogP contribution is 2.32. The molecule has 5 aromatic rings. The van der Waals surface area contributed by atoms with Crippen LogP contribution >= 0.6 is 46.1 Å². The molecule has 0 bridgehead atoms. The van der Waals surface area contributed by atoms with Crippen molar-refractivity contribution in [2.45, 2.75) is 13.1 Å². The zero-order valence-corrected chi connectivity index (χ0v) is 20.1. The third-order valence-electron chi connectivity index (χ3n) is 5.11. The zero-order valence-electron chi connectivity index (χ0n) is 17.0. The Hall–Kier alpha value is -2.77. The molecule has 1 amide bonds. The van der Waals surface area contributed by atoms with Crippen molar-refractivity contribution in [1.82, 2.24) is 15.0 Å². The second-order valence-corrected chi connectivity index (χ2v) is 10.0. The van der Waals surface area contributed by atoms with Crippen LogP contribution in [0.15, 0.2) is 71.3 Å². The number of rotatable bonds is 6. The lowest BCUT2D eigenvalue weighted by Crippen LogP contribution is -2.25. The quantitative estimate of drug-likeness (QED) is 0.258. The molecule has 0 spiro atoms. The molecule has 0 unspecified atom stereocenters. The number of amides is 1. The summed E-state index contributed by atoms with van der Waals surface area (Å²) in [4.78, 5) is 14.0. The van der Waals surface area contributed by atoms with Crippen LogP contribution in [0.2, 0.25) is 14.4 Å². The maximum absolute atomic E-state index is 13.1. The van der Waals surface area contributed by atoms with E-state index in [1.165, 1.54) is 11.3 Å². The lowest BCUT2D eigenvalue weighted by molar-refractivity contribution is 0.0942. The van der Waals surface area contributed by atoms with Crippen LogP contribution in [0.5, 0.6) is 0 Å². The molecule has 0 radical (unpaired) electrons. The summed E-state index contributed by atoms with van der Waals surface area (Å²) in [5.74, 6) is 0.429. The van der Waals surface area contributed by atoms with Gasteiger partial charge in [-0.05, 0) is 48.0 Å². The van der Waals surface area contributed by atoms with E-state index in [0.717, 1.165) is 21.3 Å². The van der Waals surface area contributed by atoms with E-state index in [4.69, 9.17) is 39.3 Å². The molecule has 9 heteroatoms. The van der Waals surface area contributed by atoms with Crippen molar-refractivity contribution in [3.63, 3.8) is 0 Å². The molecular weight excluding hydrogens is 501 g/mol. The van der Waals surface area contributed by atoms with Gasteiger partial charge in [0.15, 0.2) is 5.76 Å². The van der Waals surface area contributed by atoms with Gasteiger partial charge in [-0.1, -0.05) is 58.2 Å². The summed E-state index contributed by atoms with van der Waals surface area (Å²) in [6.45, 7) is 0.676. The second kappa shape index (κ2) is 9.23. The summed E-state index contributed by atoms with van der Waals surface area (Å²) in [7, 11) is 0. The Morgan fingerprint density at radius 3 is 2.55 bits per heavy atom. The smallest absolute Gasteiger partial charge is 0.268 e. The minimum Gasteiger partial charge on any atom is -0.355 e. The zero-order chi connectivity index (χ0) is 22.9. The Labute approximate surface area is 208 Å². The van der Waals surface area contributed by atoms with E-state index in [1.807, 2.05) is 53.1 Å². The molecule has 0 aliphatic rings. The van der Waals surface area contributed by atoms with Gasteiger partial charge in [0.25, 0.3) is 5.91 Å². The minimum atomic E-state index is -0.212. The van der Waals surface area contributed by atoms with Gasteiger partial charge in [-0.25, -0.2) is 0 Å². The fourth-order valence-corrected chi connectivity index (χ4v) is 5.23. The molecular formula is C24H16Cl3N3O2S. The minimum absolute atomic E-state index is 0.212. The third-order valence-corrected chi connectivity index (χ3v) is 6.80. The number of para-hydroxylation sites is 1. The van der Waals surface area contributed by atoms with Crippen LogP contribution in [0.4, 0.5) is 0 Å². The molecule has 0 aliphatic carbocycles. The number of halogens is 3. The first kappa shape index (κ1) is 22.0. The van der Waals surface area contributed by atoms with Gasteiger partial charge < -0.3 is 14.4 Å². The second-order valence-electron chi connectivity index (χ2n) is 7.42. The molecule has 33 heavy (non-hydrogen) atoms. The van der Waals surface area contributed by atoms with Gasteiger partial charge in [0.2, 0.25) is 0 Å². The van der Waals surface area contributed by atoms with Crippen molar-refractivity contribution in [3.8, 4) is 10.6 Å². The number of aromatic nitrogens is 2. The van der Waals surface area contributed by atoms with Gasteiger partial charge in [0.05, 0.1) is 15.8 Å². The monoisotopic (exact) mass is 515 g/mol. The van der Waals surface area contributed by atoms with Crippen LogP contribution in [0.25, 0.3) is 21.5 Å². The van der Waals surface area contributed by atoms with Crippen molar-refractivity contribution in [3.05, 3.63) is 98.1 Å².